The van der Waals surface area contributed by atoms with Crippen molar-refractivity contribution in [2.75, 3.05) is 50.3 Å². The molecule has 2 unspecified atom stereocenters. The first kappa shape index (κ1) is 32.8. The third-order valence-electron chi connectivity index (χ3n) is 9.17. The van der Waals surface area contributed by atoms with Gasteiger partial charge in [-0.05, 0) is 12.8 Å². The van der Waals surface area contributed by atoms with Gasteiger partial charge in [0.1, 0.15) is 54.2 Å². The highest BCUT2D eigenvalue weighted by Crippen LogP contribution is 2.34. The van der Waals surface area contributed by atoms with Crippen molar-refractivity contribution in [3.8, 4) is 0 Å². The van der Waals surface area contributed by atoms with E-state index in [4.69, 9.17) is 28.6 Å². The standard InChI is InChI=1S/C28H36N11O11/c40-19-15(49-27(21(19)42)37-11-33-17-23(29-9-31-25(17)37)35-13-1-3-45-5-13)7-47-39(44)48-8-16-20(41)22(43)28(50-16)38-12-34-18-24(30-10-32-26(18)38)36-14-2-4-46-6-14/h9-16,19-22,27-28,40-43H,1-8H2,(H,29,31,35)(H,30,32,36)/q+1/t13?,14?,15-,16-,19+,20+,21-,22-,27-,28-/m1/s1. The van der Waals surface area contributed by atoms with Gasteiger partial charge in [-0.25, -0.2) is 29.9 Å². The number of nitrogens with zero attached hydrogens (tertiary/aromatic N) is 9. The smallest absolute Gasteiger partial charge is 0.387 e. The van der Waals surface area contributed by atoms with Crippen LogP contribution in [0.1, 0.15) is 25.3 Å². The Balaban J connectivity index is 0.858. The molecule has 22 nitrogen and oxygen atoms in total. The van der Waals surface area contributed by atoms with Crippen LogP contribution in [0.3, 0.4) is 0 Å². The number of aliphatic hydroxyl groups is 4. The summed E-state index contributed by atoms with van der Waals surface area (Å²) >= 11 is 0. The number of nitrogens with one attached hydrogen (secondary N) is 2. The molecule has 4 fully saturated rings. The van der Waals surface area contributed by atoms with E-state index < -0.39 is 62.3 Å². The van der Waals surface area contributed by atoms with Crippen LogP contribution in [-0.2, 0) is 28.6 Å². The van der Waals surface area contributed by atoms with Crippen LogP contribution < -0.4 is 10.6 Å². The van der Waals surface area contributed by atoms with E-state index in [0.29, 0.717) is 60.4 Å². The SMILES string of the molecule is O=[N+](OC[C@H]1O[C@@H](n2cnc3c(NC4CCOC4)ncnc32)[C@H](O)[C@H]1O)OC[C@H]1O[C@@H](n2cnc3c(NC4CCOC4)ncnc32)[C@H](O)[C@H]1O. The van der Waals surface area contributed by atoms with E-state index in [1.807, 2.05) is 0 Å². The Morgan fingerprint density at radius 1 is 0.700 bits per heavy atom. The maximum absolute atomic E-state index is 12.4. The number of hydrogen-bond donors (Lipinski definition) is 6. The van der Waals surface area contributed by atoms with E-state index in [0.717, 1.165) is 12.8 Å². The fraction of sp³-hybridized carbons (Fsp3) is 0.643. The molecule has 6 N–H and O–H groups in total. The third-order valence-corrected chi connectivity index (χ3v) is 9.17. The highest BCUT2D eigenvalue weighted by Gasteiger charge is 2.48. The number of aromatic nitrogens is 8. The van der Waals surface area contributed by atoms with Crippen LogP contribution in [-0.4, -0.2) is 153 Å². The van der Waals surface area contributed by atoms with Crippen LogP contribution in [0.4, 0.5) is 11.6 Å². The summed E-state index contributed by atoms with van der Waals surface area (Å²) in [5, 5.41) is 49.3. The first-order valence-electron chi connectivity index (χ1n) is 16.2. The van der Waals surface area contributed by atoms with Gasteiger partial charge in [0, 0.05) is 13.2 Å². The first-order valence-corrected chi connectivity index (χ1v) is 16.2. The molecule has 0 aromatic carbocycles. The van der Waals surface area contributed by atoms with Crippen molar-refractivity contribution in [1.29, 1.82) is 0 Å². The lowest BCUT2D eigenvalue weighted by Crippen LogP contribution is -2.36. The van der Waals surface area contributed by atoms with Crippen LogP contribution in [0.25, 0.3) is 22.3 Å². The molecule has 0 amide bonds. The zero-order valence-corrected chi connectivity index (χ0v) is 26.4. The molecule has 0 bridgehead atoms. The average Bonchev–Trinajstić information content (AvgIpc) is 3.98. The molecule has 0 aliphatic carbocycles. The van der Waals surface area contributed by atoms with Crippen LogP contribution in [0, 0.1) is 4.91 Å². The summed E-state index contributed by atoms with van der Waals surface area (Å²) in [6.45, 7) is 1.36. The van der Waals surface area contributed by atoms with Crippen molar-refractivity contribution in [3.63, 3.8) is 0 Å². The normalized spacial score (nSPS) is 32.6. The highest BCUT2D eigenvalue weighted by atomic mass is 17.0. The molecular formula is C28H36N11O11+. The van der Waals surface area contributed by atoms with Gasteiger partial charge in [0.25, 0.3) is 0 Å². The largest absolute Gasteiger partial charge is 0.477 e. The van der Waals surface area contributed by atoms with Crippen molar-refractivity contribution in [2.45, 2.75) is 74.0 Å². The van der Waals surface area contributed by atoms with E-state index in [1.54, 1.807) is 0 Å². The van der Waals surface area contributed by atoms with E-state index in [-0.39, 0.29) is 17.2 Å². The van der Waals surface area contributed by atoms with E-state index in [9.17, 15) is 25.3 Å². The maximum atomic E-state index is 12.4. The van der Waals surface area contributed by atoms with Gasteiger partial charge in [0.15, 0.2) is 59.6 Å². The summed E-state index contributed by atoms with van der Waals surface area (Å²) in [6.07, 6.45) is -3.02. The Hall–Kier alpha value is -4.42. The van der Waals surface area contributed by atoms with Crippen molar-refractivity contribution in [1.82, 2.24) is 39.0 Å². The number of ether oxygens (including phenoxy) is 4. The molecule has 4 aromatic heterocycles. The lowest BCUT2D eigenvalue weighted by atomic mass is 10.1. The third kappa shape index (κ3) is 6.12. The van der Waals surface area contributed by atoms with Crippen molar-refractivity contribution in [2.24, 2.45) is 0 Å². The Labute approximate surface area is 281 Å². The number of fused-ring (bicyclic) bond motifs is 2. The van der Waals surface area contributed by atoms with Gasteiger partial charge in [0.2, 0.25) is 0 Å². The van der Waals surface area contributed by atoms with E-state index >= 15 is 0 Å². The number of aliphatic hydroxyl groups excluding tert-OH is 4. The molecule has 4 saturated heterocycles. The van der Waals surface area contributed by atoms with Crippen LogP contribution in [0.2, 0.25) is 0 Å². The molecule has 0 spiro atoms. The van der Waals surface area contributed by atoms with Crippen LogP contribution >= 0.6 is 0 Å². The van der Waals surface area contributed by atoms with Gasteiger partial charge in [-0.2, -0.15) is 9.68 Å². The molecule has 22 heteroatoms. The summed E-state index contributed by atoms with van der Waals surface area (Å²) < 4.78 is 25.5. The second kappa shape index (κ2) is 13.7. The van der Waals surface area contributed by atoms with Gasteiger partial charge in [0.05, 0.1) is 38.0 Å². The summed E-state index contributed by atoms with van der Waals surface area (Å²) in [4.78, 5) is 48.5. The Bertz CT molecular complexity index is 1690. The van der Waals surface area contributed by atoms with Gasteiger partial charge >= 0.3 is 5.09 Å². The van der Waals surface area contributed by atoms with Crippen molar-refractivity contribution < 1.29 is 54.1 Å². The molecule has 50 heavy (non-hydrogen) atoms. The molecule has 268 valence electrons. The predicted octanol–water partition coefficient (Wildman–Crippen LogP) is -2.05. The second-order valence-electron chi connectivity index (χ2n) is 12.4. The minimum atomic E-state index is -1.44. The zero-order valence-electron chi connectivity index (χ0n) is 26.4. The molecule has 0 radical (unpaired) electrons. The number of hydrogen-bond acceptors (Lipinski definition) is 19. The molecule has 8 rings (SSSR count). The van der Waals surface area contributed by atoms with Crippen molar-refractivity contribution >= 4 is 34.0 Å². The van der Waals surface area contributed by atoms with Crippen molar-refractivity contribution in [3.05, 3.63) is 30.2 Å². The summed E-state index contributed by atoms with van der Waals surface area (Å²) in [5.74, 6) is 0.992. The first-order chi connectivity index (χ1) is 24.4. The number of rotatable bonds is 12. The number of imidazole rings is 2. The topological polar surface area (TPSA) is 268 Å². The fourth-order valence-electron chi connectivity index (χ4n) is 6.47. The molecule has 0 saturated carbocycles. The fourth-order valence-corrected chi connectivity index (χ4v) is 6.47. The molecule has 4 aliphatic heterocycles. The van der Waals surface area contributed by atoms with E-state index in [2.05, 4.69) is 40.5 Å². The Morgan fingerprint density at radius 2 is 1.16 bits per heavy atom. The molecule has 4 aliphatic rings. The van der Waals surface area contributed by atoms with Gasteiger partial charge in [-0.3, -0.25) is 9.13 Å². The molecule has 10 atom stereocenters. The molecule has 8 heterocycles. The van der Waals surface area contributed by atoms with Crippen LogP contribution in [0.15, 0.2) is 25.3 Å². The maximum Gasteiger partial charge on any atom is 0.477 e. The monoisotopic (exact) mass is 702 g/mol. The Kier molecular flexibility index (Phi) is 8.99. The minimum absolute atomic E-state index is 0.0721. The van der Waals surface area contributed by atoms with Crippen LogP contribution in [0.5, 0.6) is 0 Å². The number of anilines is 2. The second-order valence-corrected chi connectivity index (χ2v) is 12.4. The minimum Gasteiger partial charge on any atom is -0.387 e. The predicted molar refractivity (Wildman–Crippen MR) is 164 cm³/mol. The zero-order chi connectivity index (χ0) is 34.4. The van der Waals surface area contributed by atoms with Gasteiger partial charge < -0.3 is 50.0 Å². The summed E-state index contributed by atoms with van der Waals surface area (Å²) in [5.41, 5.74) is 1.60. The van der Waals surface area contributed by atoms with E-state index in [1.165, 1.54) is 34.4 Å². The quantitative estimate of drug-likeness (QED) is 0.0867. The van der Waals surface area contributed by atoms with Gasteiger partial charge in [-0.1, -0.05) is 0 Å². The lowest BCUT2D eigenvalue weighted by molar-refractivity contribution is -0.982. The molecule has 4 aromatic rings. The molecular weight excluding hydrogens is 666 g/mol. The average molecular weight is 703 g/mol. The lowest BCUT2D eigenvalue weighted by Gasteiger charge is -2.16. The highest BCUT2D eigenvalue weighted by molar-refractivity contribution is 5.83. The summed E-state index contributed by atoms with van der Waals surface area (Å²) in [6, 6.07) is 0.144. The Morgan fingerprint density at radius 3 is 1.58 bits per heavy atom. The summed E-state index contributed by atoms with van der Waals surface area (Å²) in [7, 11) is 0. The van der Waals surface area contributed by atoms with Gasteiger partial charge in [-0.15, -0.1) is 0 Å².